The minimum absolute atomic E-state index is 0.115. The largest absolute Gasteiger partial charge is 0.469 e. The molecule has 0 atom stereocenters. The third kappa shape index (κ3) is 4.84. The summed E-state index contributed by atoms with van der Waals surface area (Å²) in [4.78, 5) is 39.8. The van der Waals surface area contributed by atoms with E-state index in [1.54, 1.807) is 25.1 Å². The van der Waals surface area contributed by atoms with Gasteiger partial charge < -0.3 is 4.74 Å². The number of non-ortho nitro benzene ring substituents is 1. The molecule has 0 radical (unpaired) electrons. The molecule has 0 saturated heterocycles. The lowest BCUT2D eigenvalue weighted by molar-refractivity contribution is -0.384. The number of carbonyl (C=O) groups is 1. The lowest BCUT2D eigenvalue weighted by Gasteiger charge is -2.03. The first kappa shape index (κ1) is 22.3. The maximum Gasteiger partial charge on any atom is 0.311 e. The average Bonchev–Trinajstić information content (AvgIpc) is 3.06. The smallest absolute Gasteiger partial charge is 0.311 e. The first-order chi connectivity index (χ1) is 14.7. The molecule has 1 N–H and O–H groups in total. The van der Waals surface area contributed by atoms with Crippen LogP contribution in [0.5, 0.6) is 0 Å². The van der Waals surface area contributed by atoms with Crippen molar-refractivity contribution in [3.05, 3.63) is 84.2 Å². The van der Waals surface area contributed by atoms with Crippen LogP contribution in [0.15, 0.2) is 52.3 Å². The molecule has 0 amide bonds. The molecular weight excluding hydrogens is 447 g/mol. The van der Waals surface area contributed by atoms with Crippen molar-refractivity contribution in [2.45, 2.75) is 13.3 Å². The fourth-order valence-electron chi connectivity index (χ4n) is 2.91. The number of rotatable bonds is 6. The van der Waals surface area contributed by atoms with Crippen LogP contribution in [0.3, 0.4) is 0 Å². The van der Waals surface area contributed by atoms with Gasteiger partial charge in [-0.3, -0.25) is 29.8 Å². The Morgan fingerprint density at radius 1 is 1.19 bits per heavy atom. The quantitative estimate of drug-likeness (QED) is 0.254. The van der Waals surface area contributed by atoms with Crippen molar-refractivity contribution < 1.29 is 14.5 Å². The Bertz CT molecular complexity index is 1250. The molecule has 0 fully saturated rings. The Morgan fingerprint density at radius 3 is 2.45 bits per heavy atom. The van der Waals surface area contributed by atoms with Crippen molar-refractivity contribution in [3.63, 3.8) is 0 Å². The van der Waals surface area contributed by atoms with Gasteiger partial charge in [-0.2, -0.15) is 0 Å². The third-order valence-electron chi connectivity index (χ3n) is 4.39. The number of benzene rings is 2. The summed E-state index contributed by atoms with van der Waals surface area (Å²) in [5, 5.41) is 14.4. The molecule has 1 aromatic heterocycles. The minimum Gasteiger partial charge on any atom is -0.469 e. The highest BCUT2D eigenvalue weighted by molar-refractivity contribution is 6.42. The number of nitro groups is 1. The summed E-state index contributed by atoms with van der Waals surface area (Å²) in [7, 11) is 1.24. The number of ether oxygens (including phenoxy) is 1. The fourth-order valence-corrected chi connectivity index (χ4v) is 3.20. The summed E-state index contributed by atoms with van der Waals surface area (Å²) in [5.74, 6) is -0.555. The number of aromatic nitrogens is 2. The molecule has 0 spiro atoms. The minimum atomic E-state index is -0.555. The number of methoxy groups -OCH3 is 1. The average molecular weight is 463 g/mol. The van der Waals surface area contributed by atoms with Gasteiger partial charge in [-0.05, 0) is 37.3 Å². The molecule has 0 aliphatic heterocycles. The number of aliphatic imine (C=N–C) groups is 1. The number of hydrogen-bond donors (Lipinski definition) is 1. The van der Waals surface area contributed by atoms with E-state index in [1.165, 1.54) is 36.1 Å². The Kier molecular flexibility index (Phi) is 6.57. The second-order valence-corrected chi connectivity index (χ2v) is 7.24. The molecule has 0 saturated carbocycles. The number of nitrogens with zero attached hydrogens (tertiary/aromatic N) is 3. The van der Waals surface area contributed by atoms with Crippen molar-refractivity contribution >= 4 is 46.3 Å². The van der Waals surface area contributed by atoms with Gasteiger partial charge in [0.25, 0.3) is 11.2 Å². The van der Waals surface area contributed by atoms with Crippen molar-refractivity contribution in [2.24, 2.45) is 4.99 Å². The van der Waals surface area contributed by atoms with Gasteiger partial charge in [-0.1, -0.05) is 23.2 Å². The zero-order valence-electron chi connectivity index (χ0n) is 16.4. The molecule has 2 aromatic carbocycles. The summed E-state index contributed by atoms with van der Waals surface area (Å²) < 4.78 is 5.90. The van der Waals surface area contributed by atoms with Gasteiger partial charge in [-0.25, -0.2) is 4.68 Å². The molecule has 3 aromatic rings. The normalized spacial score (nSPS) is 11.4. The summed E-state index contributed by atoms with van der Waals surface area (Å²) in [5.41, 5.74) is 1.03. The number of hydrogen-bond acceptors (Lipinski definition) is 6. The zero-order chi connectivity index (χ0) is 22.7. The lowest BCUT2D eigenvalue weighted by Crippen LogP contribution is -2.20. The zero-order valence-corrected chi connectivity index (χ0v) is 17.9. The van der Waals surface area contributed by atoms with E-state index in [0.717, 1.165) is 0 Å². The van der Waals surface area contributed by atoms with Crippen molar-refractivity contribution in [1.29, 1.82) is 0 Å². The Labute approximate surface area is 186 Å². The molecule has 1 heterocycles. The molecule has 0 aliphatic carbocycles. The third-order valence-corrected chi connectivity index (χ3v) is 5.13. The maximum absolute atomic E-state index is 13.1. The van der Waals surface area contributed by atoms with Crippen LogP contribution in [-0.2, 0) is 16.0 Å². The molecule has 3 rings (SSSR count). The van der Waals surface area contributed by atoms with Gasteiger partial charge in [0.05, 0.1) is 56.8 Å². The molecule has 9 nitrogen and oxygen atoms in total. The van der Waals surface area contributed by atoms with Crippen LogP contribution in [-0.4, -0.2) is 33.5 Å². The number of nitrogens with one attached hydrogen (secondary N) is 1. The Balaban J connectivity index is 2.12. The second kappa shape index (κ2) is 9.15. The van der Waals surface area contributed by atoms with E-state index in [1.807, 2.05) is 0 Å². The monoisotopic (exact) mass is 462 g/mol. The Hall–Kier alpha value is -3.43. The van der Waals surface area contributed by atoms with Gasteiger partial charge in [0.1, 0.15) is 0 Å². The molecule has 0 bridgehead atoms. The van der Waals surface area contributed by atoms with E-state index >= 15 is 0 Å². The van der Waals surface area contributed by atoms with Crippen LogP contribution in [0.2, 0.25) is 10.0 Å². The predicted octanol–water partition coefficient (Wildman–Crippen LogP) is 4.24. The number of halogens is 2. The summed E-state index contributed by atoms with van der Waals surface area (Å²) in [6.07, 6.45) is -0.199. The van der Waals surface area contributed by atoms with Crippen molar-refractivity contribution in [1.82, 2.24) is 9.78 Å². The second-order valence-electron chi connectivity index (χ2n) is 6.43. The fraction of sp³-hybridized carbons (Fsp3) is 0.150. The number of esters is 1. The highest BCUT2D eigenvalue weighted by atomic mass is 35.5. The highest BCUT2D eigenvalue weighted by Gasteiger charge is 2.21. The Morgan fingerprint density at radius 2 is 1.87 bits per heavy atom. The van der Waals surface area contributed by atoms with E-state index in [2.05, 4.69) is 10.1 Å². The standard InChI is InChI=1S/C20H16Cl2N4O5/c1-11(23-12-3-8-15(21)16(22)9-12)19-17(10-18(27)31-2)24-25(20(19)28)13-4-6-14(7-5-13)26(29)30/h3-9,24H,10H2,1-2H3. The molecule has 0 aliphatic rings. The lowest BCUT2D eigenvalue weighted by atomic mass is 10.1. The summed E-state index contributed by atoms with van der Waals surface area (Å²) in [6.45, 7) is 1.62. The van der Waals surface area contributed by atoms with E-state index in [-0.39, 0.29) is 23.4 Å². The summed E-state index contributed by atoms with van der Waals surface area (Å²) in [6, 6.07) is 10.2. The van der Waals surface area contributed by atoms with Crippen LogP contribution >= 0.6 is 23.2 Å². The highest BCUT2D eigenvalue weighted by Crippen LogP contribution is 2.27. The van der Waals surface area contributed by atoms with Gasteiger partial charge >= 0.3 is 5.97 Å². The molecule has 0 unspecified atom stereocenters. The SMILES string of the molecule is COC(=O)Cc1[nH]n(-c2ccc([N+](=O)[O-])cc2)c(=O)c1C(C)=Nc1ccc(Cl)c(Cl)c1. The topological polar surface area (TPSA) is 120 Å². The number of H-pyrrole nitrogens is 1. The maximum atomic E-state index is 13.1. The first-order valence-corrected chi connectivity index (χ1v) is 9.63. The van der Waals surface area contributed by atoms with E-state index in [9.17, 15) is 19.7 Å². The van der Waals surface area contributed by atoms with Crippen molar-refractivity contribution in [2.75, 3.05) is 7.11 Å². The van der Waals surface area contributed by atoms with Gasteiger partial charge in [0.2, 0.25) is 0 Å². The van der Waals surface area contributed by atoms with E-state index in [4.69, 9.17) is 27.9 Å². The van der Waals surface area contributed by atoms with Crippen LogP contribution in [0, 0.1) is 10.1 Å². The van der Waals surface area contributed by atoms with E-state index < -0.39 is 16.5 Å². The van der Waals surface area contributed by atoms with Crippen LogP contribution in [0.1, 0.15) is 18.2 Å². The summed E-state index contributed by atoms with van der Waals surface area (Å²) >= 11 is 12.0. The van der Waals surface area contributed by atoms with Crippen LogP contribution < -0.4 is 5.56 Å². The van der Waals surface area contributed by atoms with Gasteiger partial charge in [-0.15, -0.1) is 0 Å². The van der Waals surface area contributed by atoms with Crippen LogP contribution in [0.4, 0.5) is 11.4 Å². The molecule has 160 valence electrons. The first-order valence-electron chi connectivity index (χ1n) is 8.87. The number of carbonyl (C=O) groups excluding carboxylic acids is 1. The predicted molar refractivity (Wildman–Crippen MR) is 117 cm³/mol. The molecular formula is C20H16Cl2N4O5. The van der Waals surface area contributed by atoms with Gasteiger partial charge in [0.15, 0.2) is 0 Å². The van der Waals surface area contributed by atoms with E-state index in [0.29, 0.717) is 27.1 Å². The molecule has 11 heteroatoms. The van der Waals surface area contributed by atoms with Crippen LogP contribution in [0.25, 0.3) is 5.69 Å². The number of aromatic amines is 1. The van der Waals surface area contributed by atoms with Crippen molar-refractivity contribution in [3.8, 4) is 5.69 Å². The number of nitro benzene ring substituents is 1. The van der Waals surface area contributed by atoms with Gasteiger partial charge in [0, 0.05) is 12.1 Å². The molecule has 31 heavy (non-hydrogen) atoms.